The van der Waals surface area contributed by atoms with Crippen LogP contribution in [0.1, 0.15) is 47.0 Å². The highest BCUT2D eigenvalue weighted by atomic mass is 16.5. The van der Waals surface area contributed by atoms with Crippen molar-refractivity contribution in [2.45, 2.75) is 59.1 Å². The minimum atomic E-state index is -0.0532. The Morgan fingerprint density at radius 1 is 1.04 bits per heavy atom. The minimum Gasteiger partial charge on any atom is -0.379 e. The lowest BCUT2D eigenvalue weighted by Crippen LogP contribution is -2.45. The molecule has 0 saturated carbocycles. The van der Waals surface area contributed by atoms with E-state index in [2.05, 4.69) is 10.2 Å². The zero-order valence-electron chi connectivity index (χ0n) is 17.5. The van der Waals surface area contributed by atoms with Gasteiger partial charge in [0.2, 0.25) is 5.91 Å². The van der Waals surface area contributed by atoms with Crippen LogP contribution in [0.25, 0.3) is 0 Å². The van der Waals surface area contributed by atoms with Crippen molar-refractivity contribution in [3.63, 3.8) is 0 Å². The van der Waals surface area contributed by atoms with Crippen molar-refractivity contribution < 1.29 is 23.8 Å². The van der Waals surface area contributed by atoms with Crippen LogP contribution in [0.15, 0.2) is 0 Å². The first-order valence-electron chi connectivity index (χ1n) is 10.2. The number of amides is 1. The molecule has 1 fully saturated rings. The zero-order chi connectivity index (χ0) is 20.1. The number of nitrogens with one attached hydrogen (secondary N) is 1. The highest BCUT2D eigenvalue weighted by Crippen LogP contribution is 2.16. The smallest absolute Gasteiger partial charge is 0.237 e. The molecule has 0 aromatic carbocycles. The van der Waals surface area contributed by atoms with Crippen LogP contribution in [0.5, 0.6) is 0 Å². The normalized spacial score (nSPS) is 17.8. The van der Waals surface area contributed by atoms with Crippen LogP contribution < -0.4 is 5.32 Å². The fourth-order valence-electron chi connectivity index (χ4n) is 2.94. The van der Waals surface area contributed by atoms with Crippen molar-refractivity contribution >= 4 is 11.7 Å². The van der Waals surface area contributed by atoms with Crippen molar-refractivity contribution in [3.05, 3.63) is 0 Å². The molecule has 0 bridgehead atoms. The highest BCUT2D eigenvalue weighted by Gasteiger charge is 2.29. The van der Waals surface area contributed by atoms with Gasteiger partial charge in [-0.25, -0.2) is 0 Å². The van der Waals surface area contributed by atoms with E-state index in [0.717, 1.165) is 25.9 Å². The van der Waals surface area contributed by atoms with Gasteiger partial charge in [-0.1, -0.05) is 13.8 Å². The lowest BCUT2D eigenvalue weighted by atomic mass is 10.1. The predicted molar refractivity (Wildman–Crippen MR) is 105 cm³/mol. The molecule has 1 saturated heterocycles. The van der Waals surface area contributed by atoms with Gasteiger partial charge < -0.3 is 19.5 Å². The van der Waals surface area contributed by atoms with Crippen LogP contribution in [0.2, 0.25) is 0 Å². The monoisotopic (exact) mass is 386 g/mol. The van der Waals surface area contributed by atoms with E-state index in [9.17, 15) is 9.59 Å². The molecule has 0 aliphatic carbocycles. The van der Waals surface area contributed by atoms with E-state index in [1.165, 1.54) is 0 Å². The van der Waals surface area contributed by atoms with Crippen LogP contribution in [-0.4, -0.2) is 81.4 Å². The Labute approximate surface area is 164 Å². The Morgan fingerprint density at radius 2 is 1.74 bits per heavy atom. The summed E-state index contributed by atoms with van der Waals surface area (Å²) in [5, 5.41) is 2.95. The standard InChI is InChI=1S/C20H38N2O5/c1-16(2)19(23)7-11-25-14-15-26-12-8-21-20(24)18-6-5-9-22(18)10-13-27-17(3)4/h16-18H,5-15H2,1-4H3,(H,21,24)/t18-/m0/s1. The highest BCUT2D eigenvalue weighted by molar-refractivity contribution is 5.82. The second kappa shape index (κ2) is 14.0. The van der Waals surface area contributed by atoms with E-state index in [4.69, 9.17) is 14.2 Å². The summed E-state index contributed by atoms with van der Waals surface area (Å²) in [6.07, 6.45) is 2.62. The minimum absolute atomic E-state index is 0.0532. The van der Waals surface area contributed by atoms with Gasteiger partial charge in [-0.3, -0.25) is 14.5 Å². The van der Waals surface area contributed by atoms with E-state index < -0.39 is 0 Å². The van der Waals surface area contributed by atoms with Crippen LogP contribution in [0.3, 0.4) is 0 Å². The van der Waals surface area contributed by atoms with Crippen LogP contribution >= 0.6 is 0 Å². The van der Waals surface area contributed by atoms with Gasteiger partial charge in [-0.05, 0) is 33.2 Å². The quantitative estimate of drug-likeness (QED) is 0.431. The van der Waals surface area contributed by atoms with Gasteiger partial charge >= 0.3 is 0 Å². The van der Waals surface area contributed by atoms with E-state index >= 15 is 0 Å². The molecule has 0 unspecified atom stereocenters. The van der Waals surface area contributed by atoms with E-state index in [1.54, 1.807) is 0 Å². The van der Waals surface area contributed by atoms with Crippen molar-refractivity contribution in [1.82, 2.24) is 10.2 Å². The first-order valence-corrected chi connectivity index (χ1v) is 10.2. The molecule has 1 aliphatic heterocycles. The molecule has 0 aromatic heterocycles. The van der Waals surface area contributed by atoms with Gasteiger partial charge in [0, 0.05) is 25.4 Å². The first-order chi connectivity index (χ1) is 12.9. The number of ketones is 1. The topological polar surface area (TPSA) is 77.1 Å². The predicted octanol–water partition coefficient (Wildman–Crippen LogP) is 1.64. The summed E-state index contributed by atoms with van der Waals surface area (Å²) in [4.78, 5) is 26.0. The lowest BCUT2D eigenvalue weighted by molar-refractivity contribution is -0.126. The molecule has 7 nitrogen and oxygen atoms in total. The fraction of sp³-hybridized carbons (Fsp3) is 0.900. The fourth-order valence-corrected chi connectivity index (χ4v) is 2.94. The molecule has 0 spiro atoms. The number of likely N-dealkylation sites (tertiary alicyclic amines) is 1. The number of carbonyl (C=O) groups excluding carboxylic acids is 2. The third-order valence-electron chi connectivity index (χ3n) is 4.55. The van der Waals surface area contributed by atoms with E-state index in [-0.39, 0.29) is 29.8 Å². The van der Waals surface area contributed by atoms with Gasteiger partial charge in [-0.2, -0.15) is 0 Å². The second-order valence-electron chi connectivity index (χ2n) is 7.50. The second-order valence-corrected chi connectivity index (χ2v) is 7.50. The maximum atomic E-state index is 12.3. The Balaban J connectivity index is 2.02. The van der Waals surface area contributed by atoms with Crippen molar-refractivity contribution in [3.8, 4) is 0 Å². The van der Waals surface area contributed by atoms with Gasteiger partial charge in [0.15, 0.2) is 0 Å². The summed E-state index contributed by atoms with van der Waals surface area (Å²) in [6, 6.07) is -0.0532. The summed E-state index contributed by atoms with van der Waals surface area (Å²) in [5.41, 5.74) is 0. The van der Waals surface area contributed by atoms with Gasteiger partial charge in [0.25, 0.3) is 0 Å². The Bertz CT molecular complexity index is 429. The zero-order valence-corrected chi connectivity index (χ0v) is 17.5. The average Bonchev–Trinajstić information content (AvgIpc) is 3.08. The van der Waals surface area contributed by atoms with Crippen LogP contribution in [0, 0.1) is 5.92 Å². The number of nitrogens with zero attached hydrogens (tertiary/aromatic N) is 1. The summed E-state index contributed by atoms with van der Waals surface area (Å²) >= 11 is 0. The van der Waals surface area contributed by atoms with Crippen molar-refractivity contribution in [2.24, 2.45) is 5.92 Å². The molecule has 1 atom stereocenters. The summed E-state index contributed by atoms with van der Waals surface area (Å²) in [7, 11) is 0. The maximum absolute atomic E-state index is 12.3. The number of hydrogen-bond donors (Lipinski definition) is 1. The van der Waals surface area contributed by atoms with Gasteiger partial charge in [-0.15, -0.1) is 0 Å². The Hall–Kier alpha value is -1.02. The van der Waals surface area contributed by atoms with E-state index in [0.29, 0.717) is 46.0 Å². The summed E-state index contributed by atoms with van der Waals surface area (Å²) < 4.78 is 16.4. The molecule has 7 heteroatoms. The molecule has 1 aliphatic rings. The first kappa shape index (κ1) is 24.0. The third kappa shape index (κ3) is 10.8. The summed E-state index contributed by atoms with van der Waals surface area (Å²) in [6.45, 7) is 12.6. The molecule has 0 aromatic rings. The SMILES string of the molecule is CC(C)OCCN1CCC[C@H]1C(=O)NCCOCCOCCC(=O)C(C)C. The van der Waals surface area contributed by atoms with Gasteiger partial charge in [0.05, 0.1) is 45.2 Å². The molecule has 27 heavy (non-hydrogen) atoms. The number of rotatable bonds is 15. The summed E-state index contributed by atoms with van der Waals surface area (Å²) in [5.74, 6) is 0.353. The molecule has 0 radical (unpaired) electrons. The molecule has 1 N–H and O–H groups in total. The maximum Gasteiger partial charge on any atom is 0.237 e. The molecular weight excluding hydrogens is 348 g/mol. The number of carbonyl (C=O) groups is 2. The molecular formula is C20H38N2O5. The van der Waals surface area contributed by atoms with Crippen molar-refractivity contribution in [2.75, 3.05) is 52.7 Å². The number of Topliss-reactive ketones (excluding diaryl/α,β-unsaturated/α-hetero) is 1. The molecule has 158 valence electrons. The Morgan fingerprint density at radius 3 is 2.41 bits per heavy atom. The average molecular weight is 387 g/mol. The molecule has 1 heterocycles. The third-order valence-corrected chi connectivity index (χ3v) is 4.55. The molecule has 1 amide bonds. The van der Waals surface area contributed by atoms with Crippen molar-refractivity contribution in [1.29, 1.82) is 0 Å². The van der Waals surface area contributed by atoms with Crippen LogP contribution in [-0.2, 0) is 23.8 Å². The van der Waals surface area contributed by atoms with E-state index in [1.807, 2.05) is 27.7 Å². The Kier molecular flexibility index (Phi) is 12.5. The molecule has 1 rings (SSSR count). The van der Waals surface area contributed by atoms with Crippen LogP contribution in [0.4, 0.5) is 0 Å². The number of ether oxygens (including phenoxy) is 3. The van der Waals surface area contributed by atoms with Gasteiger partial charge in [0.1, 0.15) is 5.78 Å². The number of hydrogen-bond acceptors (Lipinski definition) is 6. The largest absolute Gasteiger partial charge is 0.379 e. The lowest BCUT2D eigenvalue weighted by Gasteiger charge is -2.24.